The van der Waals surface area contributed by atoms with Crippen molar-refractivity contribution in [2.24, 2.45) is 10.9 Å². The Labute approximate surface area is 128 Å². The van der Waals surface area contributed by atoms with Crippen LogP contribution in [0.1, 0.15) is 5.56 Å². The van der Waals surface area contributed by atoms with Crippen molar-refractivity contribution < 1.29 is 5.21 Å². The second-order valence-corrected chi connectivity index (χ2v) is 6.01. The van der Waals surface area contributed by atoms with Gasteiger partial charge in [0.15, 0.2) is 5.84 Å². The molecule has 19 heavy (non-hydrogen) atoms. The fraction of sp³-hybridized carbons (Fsp3) is 0. The second-order valence-electron chi connectivity index (χ2n) is 3.66. The molecule has 0 fully saturated rings. The maximum atomic E-state index is 8.64. The highest BCUT2D eigenvalue weighted by Gasteiger charge is 2.08. The Hall–Kier alpha value is -1.17. The molecule has 0 heterocycles. The molecular weight excluding hydrogens is 348 g/mol. The molecule has 0 amide bonds. The average Bonchev–Trinajstić information content (AvgIpc) is 2.42. The molecule has 0 radical (unpaired) electrons. The fourth-order valence-electron chi connectivity index (χ4n) is 1.45. The van der Waals surface area contributed by atoms with E-state index in [4.69, 9.17) is 22.5 Å². The van der Waals surface area contributed by atoms with Crippen molar-refractivity contribution in [3.63, 3.8) is 0 Å². The number of rotatable bonds is 3. The van der Waals surface area contributed by atoms with Gasteiger partial charge in [0.25, 0.3) is 0 Å². The Balaban J connectivity index is 2.30. The Morgan fingerprint density at radius 2 is 1.95 bits per heavy atom. The first-order chi connectivity index (χ1) is 9.11. The van der Waals surface area contributed by atoms with Gasteiger partial charge in [0.05, 0.1) is 5.02 Å². The predicted octanol–water partition coefficient (Wildman–Crippen LogP) is 4.35. The van der Waals surface area contributed by atoms with Crippen LogP contribution in [-0.2, 0) is 0 Å². The zero-order valence-electron chi connectivity index (χ0n) is 9.68. The lowest BCUT2D eigenvalue weighted by Crippen LogP contribution is -2.12. The molecule has 0 spiro atoms. The monoisotopic (exact) mass is 356 g/mol. The summed E-state index contributed by atoms with van der Waals surface area (Å²) in [7, 11) is 0. The van der Waals surface area contributed by atoms with Gasteiger partial charge in [-0.2, -0.15) is 0 Å². The van der Waals surface area contributed by atoms with E-state index < -0.39 is 0 Å². The van der Waals surface area contributed by atoms with E-state index in [1.54, 1.807) is 23.9 Å². The van der Waals surface area contributed by atoms with E-state index in [2.05, 4.69) is 21.1 Å². The van der Waals surface area contributed by atoms with Crippen LogP contribution >= 0.6 is 39.3 Å². The summed E-state index contributed by atoms with van der Waals surface area (Å²) in [5, 5.41) is 12.3. The normalized spacial score (nSPS) is 11.6. The summed E-state index contributed by atoms with van der Waals surface area (Å²) >= 11 is 11.1. The minimum absolute atomic E-state index is 0.0787. The highest BCUT2D eigenvalue weighted by molar-refractivity contribution is 9.10. The van der Waals surface area contributed by atoms with Gasteiger partial charge in [0, 0.05) is 19.8 Å². The second kappa shape index (κ2) is 6.32. The smallest absolute Gasteiger partial charge is 0.170 e. The van der Waals surface area contributed by atoms with E-state index in [0.717, 1.165) is 14.3 Å². The van der Waals surface area contributed by atoms with Gasteiger partial charge < -0.3 is 10.9 Å². The topological polar surface area (TPSA) is 58.6 Å². The van der Waals surface area contributed by atoms with Crippen molar-refractivity contribution in [3.8, 4) is 0 Å². The van der Waals surface area contributed by atoms with Gasteiger partial charge in [-0.3, -0.25) is 0 Å². The average molecular weight is 358 g/mol. The summed E-state index contributed by atoms with van der Waals surface area (Å²) in [5.41, 5.74) is 6.19. The Kier molecular flexibility index (Phi) is 4.74. The van der Waals surface area contributed by atoms with Crippen LogP contribution in [0, 0.1) is 0 Å². The molecule has 6 heteroatoms. The molecule has 2 aromatic carbocycles. The first-order valence-electron chi connectivity index (χ1n) is 5.31. The van der Waals surface area contributed by atoms with E-state index in [1.165, 1.54) is 0 Å². The van der Waals surface area contributed by atoms with Gasteiger partial charge in [-0.1, -0.05) is 40.7 Å². The van der Waals surface area contributed by atoms with E-state index >= 15 is 0 Å². The standard InChI is InChI=1S/C13H10BrClN2OS/c14-9-7-8(13(16)17-18)5-6-11(9)19-12-4-2-1-3-10(12)15/h1-7,18H,(H2,16,17). The van der Waals surface area contributed by atoms with Crippen LogP contribution < -0.4 is 5.73 Å². The molecule has 0 aliphatic rings. The molecule has 3 nitrogen and oxygen atoms in total. The Morgan fingerprint density at radius 3 is 2.58 bits per heavy atom. The molecule has 0 aliphatic heterocycles. The van der Waals surface area contributed by atoms with Gasteiger partial charge in [0.2, 0.25) is 0 Å². The zero-order chi connectivity index (χ0) is 13.8. The lowest BCUT2D eigenvalue weighted by atomic mass is 10.2. The van der Waals surface area contributed by atoms with Crippen LogP contribution in [-0.4, -0.2) is 11.0 Å². The zero-order valence-corrected chi connectivity index (χ0v) is 12.8. The molecule has 0 saturated heterocycles. The molecule has 0 unspecified atom stereocenters. The predicted molar refractivity (Wildman–Crippen MR) is 82.2 cm³/mol. The molecule has 2 aromatic rings. The Bertz CT molecular complexity index is 634. The van der Waals surface area contributed by atoms with Crippen LogP contribution in [0.5, 0.6) is 0 Å². The number of halogens is 2. The summed E-state index contributed by atoms with van der Waals surface area (Å²) in [6, 6.07) is 13.1. The summed E-state index contributed by atoms with van der Waals surface area (Å²) < 4.78 is 0.863. The third-order valence-electron chi connectivity index (χ3n) is 2.39. The lowest BCUT2D eigenvalue weighted by molar-refractivity contribution is 0.318. The molecule has 0 saturated carbocycles. The number of amidine groups is 1. The molecule has 0 aliphatic carbocycles. The van der Waals surface area contributed by atoms with E-state index in [-0.39, 0.29) is 5.84 Å². The minimum Gasteiger partial charge on any atom is -0.409 e. The van der Waals surface area contributed by atoms with Crippen LogP contribution in [0.3, 0.4) is 0 Å². The van der Waals surface area contributed by atoms with Crippen LogP contribution in [0.2, 0.25) is 5.02 Å². The van der Waals surface area contributed by atoms with Crippen molar-refractivity contribution in [2.45, 2.75) is 9.79 Å². The van der Waals surface area contributed by atoms with Crippen molar-refractivity contribution in [3.05, 3.63) is 57.5 Å². The van der Waals surface area contributed by atoms with Crippen molar-refractivity contribution >= 4 is 45.1 Å². The highest BCUT2D eigenvalue weighted by Crippen LogP contribution is 2.37. The number of nitrogens with two attached hydrogens (primary N) is 1. The molecular formula is C13H10BrClN2OS. The number of hydrogen-bond donors (Lipinski definition) is 2. The number of benzene rings is 2. The highest BCUT2D eigenvalue weighted by atomic mass is 79.9. The van der Waals surface area contributed by atoms with Crippen LogP contribution in [0.4, 0.5) is 0 Å². The quantitative estimate of drug-likeness (QED) is 0.371. The molecule has 3 N–H and O–H groups in total. The third-order valence-corrected chi connectivity index (χ3v) is 4.90. The van der Waals surface area contributed by atoms with Gasteiger partial charge >= 0.3 is 0 Å². The van der Waals surface area contributed by atoms with Crippen molar-refractivity contribution in [2.75, 3.05) is 0 Å². The number of oxime groups is 1. The van der Waals surface area contributed by atoms with Gasteiger partial charge in [-0.25, -0.2) is 0 Å². The van der Waals surface area contributed by atoms with E-state index in [9.17, 15) is 0 Å². The van der Waals surface area contributed by atoms with Crippen LogP contribution in [0.25, 0.3) is 0 Å². The molecule has 2 rings (SSSR count). The first-order valence-corrected chi connectivity index (χ1v) is 7.30. The summed E-state index contributed by atoms with van der Waals surface area (Å²) in [6.45, 7) is 0. The minimum atomic E-state index is 0.0787. The van der Waals surface area contributed by atoms with E-state index in [0.29, 0.717) is 10.6 Å². The van der Waals surface area contributed by atoms with Gasteiger partial charge in [-0.15, -0.1) is 0 Å². The van der Waals surface area contributed by atoms with Crippen molar-refractivity contribution in [1.29, 1.82) is 0 Å². The first kappa shape index (κ1) is 14.2. The Morgan fingerprint density at radius 1 is 1.21 bits per heavy atom. The van der Waals surface area contributed by atoms with Crippen LogP contribution in [0.15, 0.2) is 61.9 Å². The molecule has 98 valence electrons. The summed E-state index contributed by atoms with van der Waals surface area (Å²) in [4.78, 5) is 1.98. The molecule has 0 aromatic heterocycles. The number of hydrogen-bond acceptors (Lipinski definition) is 3. The SMILES string of the molecule is N/C(=N/O)c1ccc(Sc2ccccc2Cl)c(Br)c1. The molecule has 0 bridgehead atoms. The lowest BCUT2D eigenvalue weighted by Gasteiger charge is -2.07. The van der Waals surface area contributed by atoms with Crippen molar-refractivity contribution in [1.82, 2.24) is 0 Å². The van der Waals surface area contributed by atoms with Gasteiger partial charge in [-0.05, 0) is 46.3 Å². The maximum absolute atomic E-state index is 8.64. The molecule has 0 atom stereocenters. The third kappa shape index (κ3) is 3.43. The summed E-state index contributed by atoms with van der Waals surface area (Å²) in [5.74, 6) is 0.0787. The summed E-state index contributed by atoms with van der Waals surface area (Å²) in [6.07, 6.45) is 0. The van der Waals surface area contributed by atoms with Gasteiger partial charge in [0.1, 0.15) is 0 Å². The largest absolute Gasteiger partial charge is 0.409 e. The maximum Gasteiger partial charge on any atom is 0.170 e. The number of nitrogens with zero attached hydrogens (tertiary/aromatic N) is 1. The van der Waals surface area contributed by atoms with E-state index in [1.807, 2.05) is 30.3 Å². The fourth-order valence-corrected chi connectivity index (χ4v) is 3.16.